The summed E-state index contributed by atoms with van der Waals surface area (Å²) in [6.45, 7) is 6.20. The third-order valence-corrected chi connectivity index (χ3v) is 3.39. The van der Waals surface area contributed by atoms with Gasteiger partial charge in [-0.05, 0) is 19.8 Å². The number of carbonyl (C=O) groups is 1. The van der Waals surface area contributed by atoms with E-state index in [2.05, 4.69) is 13.8 Å². The maximum atomic E-state index is 11.4. The van der Waals surface area contributed by atoms with Crippen LogP contribution in [-0.4, -0.2) is 5.78 Å². The molecule has 0 aliphatic heterocycles. The first-order chi connectivity index (χ1) is 7.72. The van der Waals surface area contributed by atoms with E-state index in [4.69, 9.17) is 0 Å². The Balaban J connectivity index is 3.48. The quantitative estimate of drug-likeness (QED) is 0.446. The molecule has 0 aliphatic rings. The molecule has 0 N–H and O–H groups in total. The van der Waals surface area contributed by atoms with E-state index in [1.54, 1.807) is 6.92 Å². The molecule has 0 saturated carbocycles. The molecule has 0 saturated heterocycles. The summed E-state index contributed by atoms with van der Waals surface area (Å²) in [6.07, 6.45) is 12.6. The van der Waals surface area contributed by atoms with Crippen molar-refractivity contribution in [2.75, 3.05) is 0 Å². The van der Waals surface area contributed by atoms with Crippen LogP contribution in [0.3, 0.4) is 0 Å². The minimum absolute atomic E-state index is 0.353. The van der Waals surface area contributed by atoms with E-state index in [9.17, 15) is 4.79 Å². The predicted octanol–water partition coefficient (Wildman–Crippen LogP) is 5.13. The van der Waals surface area contributed by atoms with Crippen molar-refractivity contribution in [1.82, 2.24) is 0 Å². The molecule has 0 aromatic heterocycles. The van der Waals surface area contributed by atoms with Crippen molar-refractivity contribution in [2.45, 2.75) is 85.0 Å². The molecule has 96 valence electrons. The molecule has 0 bridgehead atoms. The molecule has 0 aliphatic carbocycles. The summed E-state index contributed by atoms with van der Waals surface area (Å²) in [5.74, 6) is 0.758. The summed E-state index contributed by atoms with van der Waals surface area (Å²) in [6, 6.07) is 0. The number of carbonyl (C=O) groups excluding carboxylic acids is 1. The van der Waals surface area contributed by atoms with E-state index in [-0.39, 0.29) is 0 Å². The predicted molar refractivity (Wildman–Crippen MR) is 71.7 cm³/mol. The molecule has 1 heteroatoms. The lowest BCUT2D eigenvalue weighted by Crippen LogP contribution is -2.10. The zero-order chi connectivity index (χ0) is 12.2. The second kappa shape index (κ2) is 11.2. The normalized spacial score (nSPS) is 12.7. The van der Waals surface area contributed by atoms with Crippen LogP contribution < -0.4 is 0 Å². The average molecular weight is 226 g/mol. The van der Waals surface area contributed by atoms with Crippen molar-refractivity contribution < 1.29 is 4.79 Å². The fraction of sp³-hybridized carbons (Fsp3) is 0.933. The largest absolute Gasteiger partial charge is 0.300 e. The number of Topliss-reactive ketones (excluding diaryl/α,β-unsaturated/α-hetero) is 1. The summed E-state index contributed by atoms with van der Waals surface area (Å²) in [7, 11) is 0. The van der Waals surface area contributed by atoms with Crippen molar-refractivity contribution in [3.8, 4) is 0 Å². The van der Waals surface area contributed by atoms with Gasteiger partial charge in [0.05, 0.1) is 0 Å². The fourth-order valence-electron chi connectivity index (χ4n) is 2.17. The van der Waals surface area contributed by atoms with E-state index in [0.717, 1.165) is 12.8 Å². The maximum absolute atomic E-state index is 11.4. The second-order valence-corrected chi connectivity index (χ2v) is 5.01. The number of ketones is 1. The van der Waals surface area contributed by atoms with Gasteiger partial charge in [-0.15, -0.1) is 0 Å². The number of rotatable bonds is 11. The Morgan fingerprint density at radius 3 is 1.88 bits per heavy atom. The molecule has 0 radical (unpaired) electrons. The van der Waals surface area contributed by atoms with Crippen molar-refractivity contribution in [2.24, 2.45) is 5.92 Å². The van der Waals surface area contributed by atoms with Gasteiger partial charge in [0.15, 0.2) is 0 Å². The summed E-state index contributed by atoms with van der Waals surface area (Å²) in [5, 5.41) is 0. The Morgan fingerprint density at radius 1 is 0.812 bits per heavy atom. The number of hydrogen-bond donors (Lipinski definition) is 0. The monoisotopic (exact) mass is 226 g/mol. The minimum atomic E-state index is 0.353. The molecule has 1 atom stereocenters. The SMILES string of the molecule is CCCCCCCCC(CCCC)C(C)=O. The van der Waals surface area contributed by atoms with Crippen molar-refractivity contribution in [1.29, 1.82) is 0 Å². The van der Waals surface area contributed by atoms with Gasteiger partial charge in [-0.3, -0.25) is 4.79 Å². The van der Waals surface area contributed by atoms with E-state index >= 15 is 0 Å². The summed E-state index contributed by atoms with van der Waals surface area (Å²) < 4.78 is 0. The highest BCUT2D eigenvalue weighted by molar-refractivity contribution is 5.78. The van der Waals surface area contributed by atoms with Crippen molar-refractivity contribution in [3.05, 3.63) is 0 Å². The van der Waals surface area contributed by atoms with E-state index in [1.807, 2.05) is 0 Å². The highest BCUT2D eigenvalue weighted by Gasteiger charge is 2.12. The van der Waals surface area contributed by atoms with Crippen LogP contribution in [0.5, 0.6) is 0 Å². The first-order valence-electron chi connectivity index (χ1n) is 7.22. The molecule has 1 nitrogen and oxygen atoms in total. The van der Waals surface area contributed by atoms with Gasteiger partial charge in [0.2, 0.25) is 0 Å². The van der Waals surface area contributed by atoms with Crippen LogP contribution in [0.1, 0.15) is 85.0 Å². The lowest BCUT2D eigenvalue weighted by atomic mass is 9.92. The molecule has 0 spiro atoms. The first kappa shape index (κ1) is 15.7. The van der Waals surface area contributed by atoms with E-state index < -0.39 is 0 Å². The van der Waals surface area contributed by atoms with Gasteiger partial charge < -0.3 is 0 Å². The molecular formula is C15H30O. The molecule has 1 unspecified atom stereocenters. The van der Waals surface area contributed by atoms with Crippen LogP contribution in [0.2, 0.25) is 0 Å². The molecule has 0 amide bonds. The van der Waals surface area contributed by atoms with Crippen LogP contribution in [0.15, 0.2) is 0 Å². The molecule has 0 heterocycles. The number of hydrogen-bond acceptors (Lipinski definition) is 1. The van der Waals surface area contributed by atoms with Crippen LogP contribution in [0.25, 0.3) is 0 Å². The maximum Gasteiger partial charge on any atom is 0.132 e. The highest BCUT2D eigenvalue weighted by atomic mass is 16.1. The summed E-state index contributed by atoms with van der Waals surface area (Å²) >= 11 is 0. The third kappa shape index (κ3) is 8.94. The topological polar surface area (TPSA) is 17.1 Å². The van der Waals surface area contributed by atoms with Crippen molar-refractivity contribution >= 4 is 5.78 Å². The Morgan fingerprint density at radius 2 is 1.31 bits per heavy atom. The average Bonchev–Trinajstić information content (AvgIpc) is 2.26. The van der Waals surface area contributed by atoms with Crippen LogP contribution >= 0.6 is 0 Å². The van der Waals surface area contributed by atoms with E-state index in [0.29, 0.717) is 11.7 Å². The second-order valence-electron chi connectivity index (χ2n) is 5.01. The van der Waals surface area contributed by atoms with Gasteiger partial charge in [-0.2, -0.15) is 0 Å². The first-order valence-corrected chi connectivity index (χ1v) is 7.22. The van der Waals surface area contributed by atoms with Crippen LogP contribution in [0, 0.1) is 5.92 Å². The zero-order valence-corrected chi connectivity index (χ0v) is 11.6. The fourth-order valence-corrected chi connectivity index (χ4v) is 2.17. The number of unbranched alkanes of at least 4 members (excludes halogenated alkanes) is 6. The zero-order valence-electron chi connectivity index (χ0n) is 11.6. The summed E-state index contributed by atoms with van der Waals surface area (Å²) in [5.41, 5.74) is 0. The molecule has 0 aromatic carbocycles. The Kier molecular flexibility index (Phi) is 10.9. The van der Waals surface area contributed by atoms with Crippen molar-refractivity contribution in [3.63, 3.8) is 0 Å². The van der Waals surface area contributed by atoms with Gasteiger partial charge in [0.25, 0.3) is 0 Å². The molecule has 0 fully saturated rings. The highest BCUT2D eigenvalue weighted by Crippen LogP contribution is 2.18. The minimum Gasteiger partial charge on any atom is -0.300 e. The molecule has 0 aromatic rings. The van der Waals surface area contributed by atoms with Gasteiger partial charge in [0, 0.05) is 5.92 Å². The lowest BCUT2D eigenvalue weighted by molar-refractivity contribution is -0.121. The van der Waals surface area contributed by atoms with E-state index in [1.165, 1.54) is 51.4 Å². The molecule has 0 rings (SSSR count). The third-order valence-electron chi connectivity index (χ3n) is 3.39. The molecular weight excluding hydrogens is 196 g/mol. The standard InChI is InChI=1S/C15H30O/c1-4-6-8-9-10-11-13-15(14(3)16)12-7-5-2/h15H,4-13H2,1-3H3. The van der Waals surface area contributed by atoms with Gasteiger partial charge >= 0.3 is 0 Å². The Labute approximate surface area is 102 Å². The van der Waals surface area contributed by atoms with Gasteiger partial charge in [-0.25, -0.2) is 0 Å². The Bertz CT molecular complexity index is 163. The molecule has 16 heavy (non-hydrogen) atoms. The lowest BCUT2D eigenvalue weighted by Gasteiger charge is -2.12. The summed E-state index contributed by atoms with van der Waals surface area (Å²) in [4.78, 5) is 11.4. The van der Waals surface area contributed by atoms with Gasteiger partial charge in [0.1, 0.15) is 5.78 Å². The van der Waals surface area contributed by atoms with Crippen LogP contribution in [0.4, 0.5) is 0 Å². The smallest absolute Gasteiger partial charge is 0.132 e. The van der Waals surface area contributed by atoms with Crippen LogP contribution in [-0.2, 0) is 4.79 Å². The van der Waals surface area contributed by atoms with Gasteiger partial charge in [-0.1, -0.05) is 65.2 Å². The Hall–Kier alpha value is -0.330.